The summed E-state index contributed by atoms with van der Waals surface area (Å²) in [5, 5.41) is 0. The molecule has 0 amide bonds. The summed E-state index contributed by atoms with van der Waals surface area (Å²) < 4.78 is 58.3. The number of hydrogen-bond acceptors (Lipinski definition) is 4. The Balaban J connectivity index is 3.00. The third-order valence-electron chi connectivity index (χ3n) is 1.05. The van der Waals surface area contributed by atoms with Crippen LogP contribution in [0.3, 0.4) is 0 Å². The zero-order valence-corrected chi connectivity index (χ0v) is 6.82. The van der Waals surface area contributed by atoms with E-state index in [2.05, 4.69) is 4.52 Å². The summed E-state index contributed by atoms with van der Waals surface area (Å²) in [6.07, 6.45) is 0. The van der Waals surface area contributed by atoms with Gasteiger partial charge >= 0.3 is 18.2 Å². The van der Waals surface area contributed by atoms with E-state index in [9.17, 15) is 21.1 Å². The Labute approximate surface area is 61.9 Å². The fourth-order valence-corrected chi connectivity index (χ4v) is 2.76. The van der Waals surface area contributed by atoms with E-state index < -0.39 is 35.5 Å². The van der Waals surface area contributed by atoms with Crippen LogP contribution < -0.4 is 0 Å². The number of rotatable bonds is 1. The van der Waals surface area contributed by atoms with E-state index in [1.807, 2.05) is 0 Å². The molecule has 1 aliphatic rings. The van der Waals surface area contributed by atoms with E-state index in [0.717, 1.165) is 0 Å². The molecule has 11 heavy (non-hydrogen) atoms. The van der Waals surface area contributed by atoms with E-state index in [1.54, 1.807) is 0 Å². The molecule has 1 aliphatic heterocycles. The van der Waals surface area contributed by atoms with Crippen molar-refractivity contribution in [2.45, 2.75) is 0 Å². The second kappa shape index (κ2) is 2.48. The Morgan fingerprint density at radius 3 is 2.27 bits per heavy atom. The number of halogens is 2. The molecule has 0 aliphatic carbocycles. The van der Waals surface area contributed by atoms with Crippen LogP contribution in [0.4, 0.5) is 8.08 Å². The van der Waals surface area contributed by atoms with Gasteiger partial charge in [-0.3, -0.25) is 4.52 Å². The van der Waals surface area contributed by atoms with Crippen LogP contribution >= 0.6 is 7.83 Å². The first-order chi connectivity index (χ1) is 4.84. The normalized spacial score (nSPS) is 34.4. The molecule has 1 atom stereocenters. The monoisotopic (exact) mass is 207 g/mol. The van der Waals surface area contributed by atoms with Gasteiger partial charge in [-0.25, -0.2) is 4.57 Å². The van der Waals surface area contributed by atoms with Gasteiger partial charge in [0.2, 0.25) is 0 Å². The zero-order valence-electron chi connectivity index (χ0n) is 5.11. The van der Waals surface area contributed by atoms with Gasteiger partial charge in [0.1, 0.15) is 0 Å². The minimum Gasteiger partial charge on any atom is -0.291 e. The Kier molecular flexibility index (Phi) is 2.04. The van der Waals surface area contributed by atoms with Gasteiger partial charge in [0, 0.05) is 0 Å². The van der Waals surface area contributed by atoms with E-state index in [0.29, 0.717) is 0 Å². The molecule has 0 aromatic heterocycles. The lowest BCUT2D eigenvalue weighted by Crippen LogP contribution is -2.19. The van der Waals surface area contributed by atoms with Crippen LogP contribution in [-0.2, 0) is 19.5 Å². The molecule has 0 aromatic rings. The summed E-state index contributed by atoms with van der Waals surface area (Å²) in [5.41, 5.74) is 0. The second-order valence-electron chi connectivity index (χ2n) is 1.77. The van der Waals surface area contributed by atoms with Crippen LogP contribution in [0.1, 0.15) is 0 Å². The molecular formula is C2H4F2NO4PS. The summed E-state index contributed by atoms with van der Waals surface area (Å²) in [6.45, 7) is -0.941. The van der Waals surface area contributed by atoms with Crippen molar-refractivity contribution in [1.29, 1.82) is 0 Å². The summed E-state index contributed by atoms with van der Waals surface area (Å²) in [7, 11) is -10.1. The first-order valence-corrected chi connectivity index (χ1v) is 5.32. The first-order valence-electron chi connectivity index (χ1n) is 2.51. The molecule has 1 rings (SSSR count). The smallest absolute Gasteiger partial charge is 0.291 e. The van der Waals surface area contributed by atoms with Crippen molar-refractivity contribution in [2.24, 2.45) is 0 Å². The van der Waals surface area contributed by atoms with Crippen LogP contribution in [0, 0.1) is 0 Å². The highest BCUT2D eigenvalue weighted by Crippen LogP contribution is 2.57. The van der Waals surface area contributed by atoms with Gasteiger partial charge in [-0.05, 0) is 0 Å². The van der Waals surface area contributed by atoms with Gasteiger partial charge in [0.05, 0.1) is 13.2 Å². The first kappa shape index (κ1) is 9.05. The van der Waals surface area contributed by atoms with Crippen molar-refractivity contribution in [3.63, 3.8) is 0 Å². The van der Waals surface area contributed by atoms with Crippen molar-refractivity contribution < 1.29 is 25.6 Å². The zero-order chi connectivity index (χ0) is 8.70. The largest absolute Gasteiger partial charge is 0.461 e. The van der Waals surface area contributed by atoms with Crippen molar-refractivity contribution in [3.8, 4) is 0 Å². The minimum atomic E-state index is -5.24. The van der Waals surface area contributed by atoms with Crippen molar-refractivity contribution in [1.82, 2.24) is 4.08 Å². The summed E-state index contributed by atoms with van der Waals surface area (Å²) in [4.78, 5) is 0. The maximum atomic E-state index is 12.4. The van der Waals surface area contributed by atoms with Crippen LogP contribution in [0.25, 0.3) is 0 Å². The lowest BCUT2D eigenvalue weighted by atomic mass is 10.8. The second-order valence-corrected chi connectivity index (χ2v) is 4.95. The third kappa shape index (κ3) is 1.76. The molecule has 0 spiro atoms. The summed E-state index contributed by atoms with van der Waals surface area (Å²) >= 11 is 0. The van der Waals surface area contributed by atoms with Crippen molar-refractivity contribution in [3.05, 3.63) is 0 Å². The van der Waals surface area contributed by atoms with E-state index in [1.165, 1.54) is 0 Å². The maximum absolute atomic E-state index is 12.4. The van der Waals surface area contributed by atoms with Gasteiger partial charge < -0.3 is 0 Å². The fourth-order valence-electron chi connectivity index (χ4n) is 0.641. The minimum absolute atomic E-state index is 0.392. The fraction of sp³-hybridized carbons (Fsp3) is 1.00. The van der Waals surface area contributed by atoms with E-state index in [-0.39, 0.29) is 0 Å². The molecule has 1 fully saturated rings. The molecule has 66 valence electrons. The molecule has 0 aromatic carbocycles. The summed E-state index contributed by atoms with van der Waals surface area (Å²) in [6, 6.07) is 0. The molecule has 0 saturated carbocycles. The van der Waals surface area contributed by atoms with E-state index in [4.69, 9.17) is 0 Å². The molecule has 9 heteroatoms. The van der Waals surface area contributed by atoms with Crippen LogP contribution in [0.15, 0.2) is 0 Å². The number of hydrogen-bond donors (Lipinski definition) is 0. The van der Waals surface area contributed by atoms with E-state index >= 15 is 0 Å². The Morgan fingerprint density at radius 1 is 1.55 bits per heavy atom. The van der Waals surface area contributed by atoms with Gasteiger partial charge in [-0.15, -0.1) is 4.20 Å². The average Bonchev–Trinajstić information content (AvgIpc) is 2.06. The molecule has 1 saturated heterocycles. The molecule has 1 heterocycles. The molecule has 1 unspecified atom stereocenters. The molecule has 5 nitrogen and oxygen atoms in total. The Morgan fingerprint density at radius 2 is 2.09 bits per heavy atom. The molecule has 0 N–H and O–H groups in total. The topological polar surface area (TPSA) is 63.7 Å². The standard InChI is InChI=1S/C2H4F2NO4PS/c3-10(6)5(1-2-9-10)11(4,7)8/h1-2H2. The lowest BCUT2D eigenvalue weighted by Gasteiger charge is -2.08. The average molecular weight is 207 g/mol. The van der Waals surface area contributed by atoms with Crippen LogP contribution in [0.5, 0.6) is 0 Å². The third-order valence-corrected chi connectivity index (χ3v) is 4.14. The van der Waals surface area contributed by atoms with Gasteiger partial charge in [-0.1, -0.05) is 7.96 Å². The Hall–Kier alpha value is -0.0400. The highest BCUT2D eigenvalue weighted by Gasteiger charge is 2.46. The van der Waals surface area contributed by atoms with Gasteiger partial charge in [-0.2, -0.15) is 8.42 Å². The summed E-state index contributed by atoms with van der Waals surface area (Å²) in [5.74, 6) is 0. The van der Waals surface area contributed by atoms with Crippen molar-refractivity contribution >= 4 is 18.2 Å². The SMILES string of the molecule is O=P1(F)OCCN1S(=O)(=O)F. The Bertz CT molecular complexity index is 301. The molecular weight excluding hydrogens is 203 g/mol. The predicted octanol–water partition coefficient (Wildman–Crippen LogP) is 0.610. The van der Waals surface area contributed by atoms with Gasteiger partial charge in [0.25, 0.3) is 0 Å². The highest BCUT2D eigenvalue weighted by atomic mass is 32.3. The number of nitrogens with zero attached hydrogens (tertiary/aromatic N) is 1. The highest BCUT2D eigenvalue weighted by molar-refractivity contribution is 7.89. The predicted molar refractivity (Wildman–Crippen MR) is 31.4 cm³/mol. The molecule has 0 bridgehead atoms. The lowest BCUT2D eigenvalue weighted by molar-refractivity contribution is 0.329. The van der Waals surface area contributed by atoms with Crippen LogP contribution in [-0.4, -0.2) is 25.6 Å². The maximum Gasteiger partial charge on any atom is 0.461 e. The van der Waals surface area contributed by atoms with Gasteiger partial charge in [0.15, 0.2) is 0 Å². The quantitative estimate of drug-likeness (QED) is 0.466. The van der Waals surface area contributed by atoms with Crippen LogP contribution in [0.2, 0.25) is 0 Å². The van der Waals surface area contributed by atoms with Crippen molar-refractivity contribution in [2.75, 3.05) is 13.2 Å². The molecule has 0 radical (unpaired) electrons.